The Bertz CT molecular complexity index is 197. The molecule has 1 aliphatic rings. The zero-order valence-corrected chi connectivity index (χ0v) is 12.0. The maximum absolute atomic E-state index is 6.16. The average Bonchev–Trinajstić information content (AvgIpc) is 2.30. The van der Waals surface area contributed by atoms with Gasteiger partial charge in [0.25, 0.3) is 0 Å². The molecule has 2 N–H and O–H groups in total. The van der Waals surface area contributed by atoms with Crippen LogP contribution in [0.15, 0.2) is 0 Å². The van der Waals surface area contributed by atoms with Crippen molar-refractivity contribution in [2.75, 3.05) is 12.8 Å². The maximum Gasteiger partial charge on any atom is 0.349 e. The van der Waals surface area contributed by atoms with Gasteiger partial charge in [-0.15, -0.1) is 0 Å². The molecule has 0 aromatic heterocycles. The molecule has 2 unspecified atom stereocenters. The molecule has 0 radical (unpaired) electrons. The molecule has 0 heterocycles. The number of hydrogen-bond donors (Lipinski definition) is 1. The SMILES string of the molecule is CCO[Si](C)(CN)OC(C)C1CCCCC1. The zero-order valence-electron chi connectivity index (χ0n) is 11.0. The van der Waals surface area contributed by atoms with Crippen LogP contribution in [-0.2, 0) is 8.85 Å². The van der Waals surface area contributed by atoms with E-state index in [4.69, 9.17) is 14.6 Å². The maximum atomic E-state index is 6.16. The molecule has 1 fully saturated rings. The monoisotopic (exact) mass is 245 g/mol. The van der Waals surface area contributed by atoms with Crippen LogP contribution in [0.3, 0.4) is 0 Å². The second-order valence-corrected chi connectivity index (χ2v) is 8.19. The summed E-state index contributed by atoms with van der Waals surface area (Å²) in [5.41, 5.74) is 5.78. The summed E-state index contributed by atoms with van der Waals surface area (Å²) in [6.45, 7) is 6.98. The van der Waals surface area contributed by atoms with Crippen molar-refractivity contribution in [2.24, 2.45) is 11.7 Å². The van der Waals surface area contributed by atoms with Crippen molar-refractivity contribution in [1.29, 1.82) is 0 Å². The minimum absolute atomic E-state index is 0.312. The van der Waals surface area contributed by atoms with Crippen LogP contribution in [0.2, 0.25) is 6.55 Å². The second kappa shape index (κ2) is 6.74. The van der Waals surface area contributed by atoms with Gasteiger partial charge < -0.3 is 14.6 Å². The van der Waals surface area contributed by atoms with Gasteiger partial charge in [0, 0.05) is 18.9 Å². The van der Waals surface area contributed by atoms with Gasteiger partial charge in [-0.2, -0.15) is 0 Å². The topological polar surface area (TPSA) is 44.5 Å². The van der Waals surface area contributed by atoms with Gasteiger partial charge in [0.1, 0.15) is 0 Å². The predicted octanol–water partition coefficient (Wildman–Crippen LogP) is 2.58. The van der Waals surface area contributed by atoms with E-state index >= 15 is 0 Å². The van der Waals surface area contributed by atoms with Crippen LogP contribution in [0.5, 0.6) is 0 Å². The summed E-state index contributed by atoms with van der Waals surface area (Å²) in [6.07, 6.45) is 7.58. The Morgan fingerprint density at radius 1 is 1.31 bits per heavy atom. The highest BCUT2D eigenvalue weighted by Gasteiger charge is 2.34. The lowest BCUT2D eigenvalue weighted by molar-refractivity contribution is 0.0740. The van der Waals surface area contributed by atoms with E-state index in [2.05, 4.69) is 13.5 Å². The Morgan fingerprint density at radius 2 is 1.94 bits per heavy atom. The fraction of sp³-hybridized carbons (Fsp3) is 1.00. The van der Waals surface area contributed by atoms with E-state index in [0.717, 1.165) is 0 Å². The lowest BCUT2D eigenvalue weighted by Gasteiger charge is -2.34. The predicted molar refractivity (Wildman–Crippen MR) is 69.4 cm³/mol. The van der Waals surface area contributed by atoms with Crippen molar-refractivity contribution in [3.8, 4) is 0 Å². The van der Waals surface area contributed by atoms with E-state index in [1.165, 1.54) is 32.1 Å². The van der Waals surface area contributed by atoms with Crippen molar-refractivity contribution < 1.29 is 8.85 Å². The van der Waals surface area contributed by atoms with Gasteiger partial charge in [-0.05, 0) is 39.2 Å². The summed E-state index contributed by atoms with van der Waals surface area (Å²) in [4.78, 5) is 0. The van der Waals surface area contributed by atoms with Crippen LogP contribution in [0.25, 0.3) is 0 Å². The third kappa shape index (κ3) is 4.16. The fourth-order valence-electron chi connectivity index (χ4n) is 2.54. The van der Waals surface area contributed by atoms with Gasteiger partial charge in [0.2, 0.25) is 0 Å². The zero-order chi connectivity index (χ0) is 12.0. The molecule has 0 aliphatic heterocycles. The molecule has 0 amide bonds. The first-order valence-electron chi connectivity index (χ1n) is 6.63. The van der Waals surface area contributed by atoms with Crippen LogP contribution in [0, 0.1) is 5.92 Å². The first-order valence-corrected chi connectivity index (χ1v) is 9.15. The Kier molecular flexibility index (Phi) is 5.96. The van der Waals surface area contributed by atoms with Crippen LogP contribution < -0.4 is 5.73 Å². The molecule has 3 nitrogen and oxygen atoms in total. The van der Waals surface area contributed by atoms with Crippen molar-refractivity contribution in [3.63, 3.8) is 0 Å². The van der Waals surface area contributed by atoms with Crippen LogP contribution in [0.1, 0.15) is 46.0 Å². The second-order valence-electron chi connectivity index (χ2n) is 4.99. The Labute approximate surface area is 101 Å². The molecule has 1 rings (SSSR count). The Balaban J connectivity index is 2.43. The lowest BCUT2D eigenvalue weighted by Crippen LogP contribution is -2.50. The standard InChI is InChI=1S/C12H27NO2Si/c1-4-14-16(3,10-13)15-11(2)12-8-6-5-7-9-12/h11-12H,4-10,13H2,1-3H3. The number of rotatable bonds is 6. The molecule has 0 saturated heterocycles. The van der Waals surface area contributed by atoms with E-state index in [0.29, 0.717) is 24.8 Å². The molecular weight excluding hydrogens is 218 g/mol. The normalized spacial score (nSPS) is 24.0. The minimum Gasteiger partial charge on any atom is -0.394 e. The van der Waals surface area contributed by atoms with E-state index in [-0.39, 0.29) is 0 Å². The average molecular weight is 245 g/mol. The summed E-state index contributed by atoms with van der Waals surface area (Å²) in [6, 6.07) is 0. The minimum atomic E-state index is -2.09. The van der Waals surface area contributed by atoms with Gasteiger partial charge in [0.05, 0.1) is 0 Å². The van der Waals surface area contributed by atoms with Gasteiger partial charge in [-0.3, -0.25) is 0 Å². The molecule has 0 spiro atoms. The lowest BCUT2D eigenvalue weighted by atomic mass is 9.86. The van der Waals surface area contributed by atoms with E-state index in [1.807, 2.05) is 6.92 Å². The molecule has 16 heavy (non-hydrogen) atoms. The number of hydrogen-bond acceptors (Lipinski definition) is 3. The van der Waals surface area contributed by atoms with Crippen molar-refractivity contribution >= 4 is 8.56 Å². The first-order chi connectivity index (χ1) is 7.61. The molecule has 1 aliphatic carbocycles. The highest BCUT2D eigenvalue weighted by molar-refractivity contribution is 6.66. The van der Waals surface area contributed by atoms with Crippen LogP contribution in [-0.4, -0.2) is 27.4 Å². The molecule has 0 aromatic carbocycles. The summed E-state index contributed by atoms with van der Waals surface area (Å²) in [7, 11) is -2.09. The van der Waals surface area contributed by atoms with Gasteiger partial charge >= 0.3 is 8.56 Å². The van der Waals surface area contributed by atoms with Crippen LogP contribution in [0.4, 0.5) is 0 Å². The molecule has 96 valence electrons. The largest absolute Gasteiger partial charge is 0.394 e. The summed E-state index contributed by atoms with van der Waals surface area (Å²) >= 11 is 0. The molecule has 2 atom stereocenters. The molecule has 4 heteroatoms. The fourth-order valence-corrected chi connectivity index (χ4v) is 4.41. The molecule has 1 saturated carbocycles. The number of nitrogens with two attached hydrogens (primary N) is 1. The third-order valence-corrected chi connectivity index (χ3v) is 6.08. The van der Waals surface area contributed by atoms with Crippen LogP contribution >= 0.6 is 0 Å². The van der Waals surface area contributed by atoms with Gasteiger partial charge in [-0.25, -0.2) is 0 Å². The van der Waals surface area contributed by atoms with E-state index in [9.17, 15) is 0 Å². The quantitative estimate of drug-likeness (QED) is 0.732. The van der Waals surface area contributed by atoms with Gasteiger partial charge in [-0.1, -0.05) is 19.3 Å². The highest BCUT2D eigenvalue weighted by atomic mass is 28.4. The summed E-state index contributed by atoms with van der Waals surface area (Å²) in [5.74, 6) is 0.715. The first kappa shape index (κ1) is 14.2. The summed E-state index contributed by atoms with van der Waals surface area (Å²) in [5, 5.41) is 0. The third-order valence-electron chi connectivity index (χ3n) is 3.57. The van der Waals surface area contributed by atoms with E-state index in [1.54, 1.807) is 0 Å². The molecule has 0 bridgehead atoms. The molecular formula is C12H27NO2Si. The summed E-state index contributed by atoms with van der Waals surface area (Å²) < 4.78 is 11.9. The van der Waals surface area contributed by atoms with Crippen molar-refractivity contribution in [2.45, 2.75) is 58.6 Å². The van der Waals surface area contributed by atoms with Gasteiger partial charge in [0.15, 0.2) is 0 Å². The van der Waals surface area contributed by atoms with Crippen molar-refractivity contribution in [1.82, 2.24) is 0 Å². The Morgan fingerprint density at radius 3 is 2.44 bits per heavy atom. The molecule has 0 aromatic rings. The van der Waals surface area contributed by atoms with Crippen molar-refractivity contribution in [3.05, 3.63) is 0 Å². The highest BCUT2D eigenvalue weighted by Crippen LogP contribution is 2.29. The Hall–Kier alpha value is 0.0969. The smallest absolute Gasteiger partial charge is 0.349 e. The van der Waals surface area contributed by atoms with E-state index < -0.39 is 8.56 Å².